The SMILES string of the molecule is CCC(=O)N1c2ccccc2-c2c(=O)[nH]c(SC)n[n+]2C1c1cc(OC)c(OC)cc1OC. The Hall–Kier alpha value is -3.53. The smallest absolute Gasteiger partial charge is 0.325 e. The minimum absolute atomic E-state index is 0.129. The summed E-state index contributed by atoms with van der Waals surface area (Å²) in [6.45, 7) is 1.80. The van der Waals surface area contributed by atoms with Crippen molar-refractivity contribution < 1.29 is 23.7 Å². The lowest BCUT2D eigenvalue weighted by atomic mass is 10.00. The van der Waals surface area contributed by atoms with E-state index in [1.807, 2.05) is 30.5 Å². The Balaban J connectivity index is 2.12. The molecule has 1 atom stereocenters. The van der Waals surface area contributed by atoms with Crippen LogP contribution in [0, 0.1) is 0 Å². The van der Waals surface area contributed by atoms with Crippen LogP contribution in [0.2, 0.25) is 0 Å². The second kappa shape index (κ2) is 9.14. The third kappa shape index (κ3) is 3.70. The Morgan fingerprint density at radius 3 is 2.42 bits per heavy atom. The molecule has 1 aliphatic heterocycles. The highest BCUT2D eigenvalue weighted by Crippen LogP contribution is 2.43. The number of fused-ring (bicyclic) bond motifs is 3. The summed E-state index contributed by atoms with van der Waals surface area (Å²) in [6, 6.07) is 10.8. The molecule has 1 unspecified atom stereocenters. The number of ether oxygens (including phenoxy) is 3. The fourth-order valence-corrected chi connectivity index (χ4v) is 4.40. The average molecular weight is 470 g/mol. The molecule has 1 amide bonds. The van der Waals surface area contributed by atoms with Crippen molar-refractivity contribution in [3.8, 4) is 28.5 Å². The number of para-hydroxylation sites is 1. The monoisotopic (exact) mass is 469 g/mol. The van der Waals surface area contributed by atoms with Crippen molar-refractivity contribution in [1.82, 2.24) is 10.1 Å². The summed E-state index contributed by atoms with van der Waals surface area (Å²) in [4.78, 5) is 31.0. The van der Waals surface area contributed by atoms with Gasteiger partial charge in [-0.2, -0.15) is 0 Å². The number of benzene rings is 2. The van der Waals surface area contributed by atoms with Gasteiger partial charge in [-0.3, -0.25) is 14.6 Å². The van der Waals surface area contributed by atoms with E-state index in [2.05, 4.69) is 4.98 Å². The summed E-state index contributed by atoms with van der Waals surface area (Å²) in [5.41, 5.74) is 1.90. The van der Waals surface area contributed by atoms with Gasteiger partial charge < -0.3 is 14.2 Å². The largest absolute Gasteiger partial charge is 0.496 e. The highest BCUT2D eigenvalue weighted by molar-refractivity contribution is 7.98. The number of hydrogen-bond acceptors (Lipinski definition) is 7. The molecular formula is C23H25N4O5S+. The molecule has 0 radical (unpaired) electrons. The third-order valence-electron chi connectivity index (χ3n) is 5.54. The Kier molecular flexibility index (Phi) is 6.28. The molecule has 0 bridgehead atoms. The van der Waals surface area contributed by atoms with Gasteiger partial charge in [-0.1, -0.05) is 30.8 Å². The molecule has 0 saturated heterocycles. The average Bonchev–Trinajstić information content (AvgIpc) is 2.86. The van der Waals surface area contributed by atoms with Gasteiger partial charge in [0.2, 0.25) is 11.1 Å². The van der Waals surface area contributed by atoms with Crippen molar-refractivity contribution in [3.63, 3.8) is 0 Å². The van der Waals surface area contributed by atoms with Gasteiger partial charge >= 0.3 is 11.3 Å². The quantitative estimate of drug-likeness (QED) is 0.438. The first-order valence-electron chi connectivity index (χ1n) is 10.3. The Morgan fingerprint density at radius 2 is 1.79 bits per heavy atom. The lowest BCUT2D eigenvalue weighted by molar-refractivity contribution is -0.763. The van der Waals surface area contributed by atoms with E-state index in [0.717, 1.165) is 0 Å². The number of methoxy groups -OCH3 is 3. The number of carbonyl (C=O) groups is 1. The predicted molar refractivity (Wildman–Crippen MR) is 124 cm³/mol. The van der Waals surface area contributed by atoms with Crippen LogP contribution in [-0.2, 0) is 4.79 Å². The topological polar surface area (TPSA) is 97.6 Å². The Labute approximate surface area is 195 Å². The molecule has 0 fully saturated rings. The molecule has 1 aliphatic rings. The maximum absolute atomic E-state index is 13.3. The van der Waals surface area contributed by atoms with Gasteiger partial charge in [0.1, 0.15) is 5.75 Å². The van der Waals surface area contributed by atoms with Crippen molar-refractivity contribution in [2.24, 2.45) is 0 Å². The number of carbonyl (C=O) groups excluding carboxylic acids is 1. The standard InChI is InChI=1S/C23H24N4O5S/c1-6-19(28)26-15-10-8-7-9-13(15)20-21(29)24-23(33-5)25-27(20)22(26)14-11-17(31-3)18(32-4)12-16(14)30-2/h7-12,22H,6H2,1-5H3/p+1. The van der Waals surface area contributed by atoms with Crippen molar-refractivity contribution >= 4 is 23.4 Å². The summed E-state index contributed by atoms with van der Waals surface area (Å²) in [5.74, 6) is 1.29. The zero-order valence-electron chi connectivity index (χ0n) is 19.0. The van der Waals surface area contributed by atoms with Crippen LogP contribution in [-0.4, -0.2) is 43.6 Å². The van der Waals surface area contributed by atoms with E-state index in [1.54, 1.807) is 28.6 Å². The Bertz CT molecular complexity index is 1280. The summed E-state index contributed by atoms with van der Waals surface area (Å²) < 4.78 is 18.2. The highest BCUT2D eigenvalue weighted by Gasteiger charge is 2.47. The van der Waals surface area contributed by atoms with Gasteiger partial charge in [-0.05, 0) is 29.1 Å². The first-order chi connectivity index (χ1) is 16.0. The van der Waals surface area contributed by atoms with E-state index in [0.29, 0.717) is 44.9 Å². The molecule has 0 spiro atoms. The maximum Gasteiger partial charge on any atom is 0.325 e. The van der Waals surface area contributed by atoms with Crippen LogP contribution >= 0.6 is 11.8 Å². The molecule has 2 heterocycles. The van der Waals surface area contributed by atoms with Crippen LogP contribution in [0.5, 0.6) is 17.2 Å². The number of hydrogen-bond donors (Lipinski definition) is 1. The molecule has 1 N–H and O–H groups in total. The van der Waals surface area contributed by atoms with Gasteiger partial charge in [-0.25, -0.2) is 4.90 Å². The summed E-state index contributed by atoms with van der Waals surface area (Å²) >= 11 is 1.31. The summed E-state index contributed by atoms with van der Waals surface area (Å²) in [5, 5.41) is 5.12. The van der Waals surface area contributed by atoms with Gasteiger partial charge in [0.05, 0.1) is 38.1 Å². The van der Waals surface area contributed by atoms with Crippen LogP contribution in [0.25, 0.3) is 11.3 Å². The zero-order valence-corrected chi connectivity index (χ0v) is 19.9. The van der Waals surface area contributed by atoms with Crippen molar-refractivity contribution in [2.75, 3.05) is 32.5 Å². The van der Waals surface area contributed by atoms with E-state index in [1.165, 1.54) is 33.1 Å². The van der Waals surface area contributed by atoms with E-state index in [9.17, 15) is 9.59 Å². The van der Waals surface area contributed by atoms with Gasteiger partial charge in [0, 0.05) is 17.6 Å². The van der Waals surface area contributed by atoms with Gasteiger partial charge in [-0.15, -0.1) is 0 Å². The second-order valence-corrected chi connectivity index (χ2v) is 8.01. The molecule has 10 heteroatoms. The van der Waals surface area contributed by atoms with E-state index in [-0.39, 0.29) is 17.9 Å². The summed E-state index contributed by atoms with van der Waals surface area (Å²) in [7, 11) is 4.61. The number of amides is 1. The van der Waals surface area contributed by atoms with Crippen LogP contribution in [0.1, 0.15) is 25.1 Å². The summed E-state index contributed by atoms with van der Waals surface area (Å²) in [6.07, 6.45) is 1.29. The first-order valence-corrected chi connectivity index (χ1v) is 11.5. The number of H-pyrrole nitrogens is 1. The number of aromatic amines is 1. The Morgan fingerprint density at radius 1 is 1.12 bits per heavy atom. The molecule has 0 saturated carbocycles. The molecule has 4 rings (SSSR count). The van der Waals surface area contributed by atoms with Crippen molar-refractivity contribution in [3.05, 3.63) is 52.3 Å². The number of rotatable bonds is 6. The van der Waals surface area contributed by atoms with E-state index < -0.39 is 6.17 Å². The van der Waals surface area contributed by atoms with E-state index >= 15 is 0 Å². The van der Waals surface area contributed by atoms with Crippen molar-refractivity contribution in [2.45, 2.75) is 24.7 Å². The van der Waals surface area contributed by atoms with Crippen LogP contribution < -0.4 is 29.4 Å². The van der Waals surface area contributed by atoms with Crippen LogP contribution in [0.3, 0.4) is 0 Å². The molecule has 0 aliphatic carbocycles. The molecule has 2 aromatic carbocycles. The lowest BCUT2D eigenvalue weighted by Gasteiger charge is -2.32. The normalized spacial score (nSPS) is 14.3. The number of nitrogens with zero attached hydrogens (tertiary/aromatic N) is 3. The number of thioether (sulfide) groups is 1. The number of nitrogens with one attached hydrogen (secondary N) is 1. The van der Waals surface area contributed by atoms with E-state index in [4.69, 9.17) is 19.3 Å². The van der Waals surface area contributed by atoms with Gasteiger partial charge in [0.25, 0.3) is 6.17 Å². The van der Waals surface area contributed by atoms with Crippen LogP contribution in [0.4, 0.5) is 5.69 Å². The molecule has 172 valence electrons. The zero-order chi connectivity index (χ0) is 23.7. The highest BCUT2D eigenvalue weighted by atomic mass is 32.2. The number of anilines is 1. The first kappa shape index (κ1) is 22.7. The minimum Gasteiger partial charge on any atom is -0.496 e. The fourth-order valence-electron chi connectivity index (χ4n) is 4.04. The lowest BCUT2D eigenvalue weighted by Crippen LogP contribution is -2.60. The van der Waals surface area contributed by atoms with Crippen molar-refractivity contribution in [1.29, 1.82) is 0 Å². The molecule has 3 aromatic rings. The maximum atomic E-state index is 13.3. The molecule has 1 aromatic heterocycles. The fraction of sp³-hybridized carbons (Fsp3) is 0.304. The molecule has 33 heavy (non-hydrogen) atoms. The van der Waals surface area contributed by atoms with Gasteiger partial charge in [0.15, 0.2) is 11.5 Å². The number of aromatic nitrogens is 3. The predicted octanol–water partition coefficient (Wildman–Crippen LogP) is 2.78. The third-order valence-corrected chi connectivity index (χ3v) is 6.11. The second-order valence-electron chi connectivity index (χ2n) is 7.21. The molecule has 9 nitrogen and oxygen atoms in total. The minimum atomic E-state index is -0.787. The molecular weight excluding hydrogens is 444 g/mol. The van der Waals surface area contributed by atoms with Crippen LogP contribution in [0.15, 0.2) is 46.3 Å².